The van der Waals surface area contributed by atoms with Crippen molar-refractivity contribution in [1.29, 1.82) is 0 Å². The van der Waals surface area contributed by atoms with Crippen LogP contribution in [0.15, 0.2) is 36.5 Å². The number of nitro benzene ring substituents is 1. The molecule has 0 amide bonds. The number of benzene rings is 2. The molecule has 0 aliphatic heterocycles. The Bertz CT molecular complexity index is 1110. The highest BCUT2D eigenvalue weighted by Crippen LogP contribution is 2.35. The van der Waals surface area contributed by atoms with E-state index in [1.54, 1.807) is 18.2 Å². The van der Waals surface area contributed by atoms with E-state index in [4.69, 9.17) is 26.8 Å². The van der Waals surface area contributed by atoms with E-state index >= 15 is 0 Å². The quantitative estimate of drug-likeness (QED) is 0.282. The van der Waals surface area contributed by atoms with E-state index < -0.39 is 16.4 Å². The van der Waals surface area contributed by atoms with Crippen LogP contribution in [0.4, 0.5) is 38.9 Å². The Labute approximate surface area is 175 Å². The second-order valence-electron chi connectivity index (χ2n) is 5.86. The summed E-state index contributed by atoms with van der Waals surface area (Å²) >= 11 is 6.18. The number of methoxy groups -OCH3 is 2. The Hall–Kier alpha value is -3.86. The number of aromatic nitrogens is 2. The summed E-state index contributed by atoms with van der Waals surface area (Å²) in [6, 6.07) is 6.86. The number of halogens is 2. The first kappa shape index (κ1) is 20.9. The highest BCUT2D eigenvalue weighted by atomic mass is 35.5. The number of nitrogens with two attached hydrogens (primary N) is 1. The van der Waals surface area contributed by atoms with Gasteiger partial charge in [0, 0.05) is 23.9 Å². The molecule has 12 heteroatoms. The van der Waals surface area contributed by atoms with Gasteiger partial charge in [-0.1, -0.05) is 11.6 Å². The molecule has 3 rings (SSSR count). The zero-order valence-corrected chi connectivity index (χ0v) is 16.5. The molecule has 3 aromatic rings. The van der Waals surface area contributed by atoms with Crippen LogP contribution in [0.25, 0.3) is 0 Å². The van der Waals surface area contributed by atoms with Crippen LogP contribution in [0.3, 0.4) is 0 Å². The molecule has 0 atom stereocenters. The van der Waals surface area contributed by atoms with E-state index in [0.717, 1.165) is 12.1 Å². The van der Waals surface area contributed by atoms with Crippen molar-refractivity contribution in [2.24, 2.45) is 0 Å². The van der Waals surface area contributed by atoms with Crippen molar-refractivity contribution in [3.8, 4) is 11.5 Å². The molecular weight excluding hydrogens is 419 g/mol. The third kappa shape index (κ3) is 4.41. The highest BCUT2D eigenvalue weighted by molar-refractivity contribution is 6.32. The minimum absolute atomic E-state index is 0.0337. The predicted molar refractivity (Wildman–Crippen MR) is 111 cm³/mol. The number of nitrogens with one attached hydrogen (secondary N) is 2. The summed E-state index contributed by atoms with van der Waals surface area (Å²) in [7, 11) is 2.79. The van der Waals surface area contributed by atoms with Crippen LogP contribution in [-0.4, -0.2) is 29.1 Å². The van der Waals surface area contributed by atoms with Gasteiger partial charge >= 0.3 is 5.69 Å². The first-order valence-corrected chi connectivity index (χ1v) is 8.72. The van der Waals surface area contributed by atoms with Gasteiger partial charge in [0.15, 0.2) is 5.82 Å². The highest BCUT2D eigenvalue weighted by Gasteiger charge is 2.20. The van der Waals surface area contributed by atoms with Crippen LogP contribution >= 0.6 is 11.6 Å². The van der Waals surface area contributed by atoms with Crippen LogP contribution in [0.2, 0.25) is 5.02 Å². The second-order valence-corrected chi connectivity index (χ2v) is 6.27. The van der Waals surface area contributed by atoms with Crippen molar-refractivity contribution in [3.63, 3.8) is 0 Å². The zero-order chi connectivity index (χ0) is 21.8. The summed E-state index contributed by atoms with van der Waals surface area (Å²) in [5, 5.41) is 17.0. The monoisotopic (exact) mass is 434 g/mol. The van der Waals surface area contributed by atoms with E-state index in [2.05, 4.69) is 20.6 Å². The fraction of sp³-hybridized carbons (Fsp3) is 0.111. The summed E-state index contributed by atoms with van der Waals surface area (Å²) in [6.07, 6.45) is 1.33. The van der Waals surface area contributed by atoms with Crippen LogP contribution in [0.1, 0.15) is 0 Å². The molecule has 0 aliphatic rings. The van der Waals surface area contributed by atoms with Crippen molar-refractivity contribution in [3.05, 3.63) is 57.5 Å². The molecule has 10 nitrogen and oxygen atoms in total. The van der Waals surface area contributed by atoms with Gasteiger partial charge in [0.25, 0.3) is 0 Å². The van der Waals surface area contributed by atoms with E-state index in [1.165, 1.54) is 20.4 Å². The van der Waals surface area contributed by atoms with Crippen molar-refractivity contribution in [1.82, 2.24) is 9.97 Å². The van der Waals surface area contributed by atoms with E-state index in [1.807, 2.05) is 0 Å². The maximum atomic E-state index is 13.8. The van der Waals surface area contributed by atoms with Crippen LogP contribution in [-0.2, 0) is 0 Å². The normalized spacial score (nSPS) is 10.4. The number of nitro groups is 1. The predicted octanol–water partition coefficient (Wildman–Crippen LogP) is 4.26. The third-order valence-corrected chi connectivity index (χ3v) is 4.21. The van der Waals surface area contributed by atoms with Crippen LogP contribution < -0.4 is 25.8 Å². The Balaban J connectivity index is 1.95. The Kier molecular flexibility index (Phi) is 6.02. The summed E-state index contributed by atoms with van der Waals surface area (Å²) in [6.45, 7) is 0. The fourth-order valence-electron chi connectivity index (χ4n) is 2.52. The van der Waals surface area contributed by atoms with Gasteiger partial charge in [-0.05, 0) is 12.1 Å². The standard InChI is InChI=1S/C18H16ClFN6O4/c1-29-15-5-9(21)3-4-12(15)23-17-10(19)8-22-18(25-17)24-13-7-14(26(27)28)11(20)6-16(13)30-2/h3-8H,21H2,1-2H3,(H2,22,23,24,25). The lowest BCUT2D eigenvalue weighted by molar-refractivity contribution is -0.387. The third-order valence-electron chi connectivity index (χ3n) is 3.93. The molecular formula is C18H16ClFN6O4. The molecule has 0 fully saturated rings. The average Bonchev–Trinajstić information content (AvgIpc) is 2.72. The summed E-state index contributed by atoms with van der Waals surface area (Å²) in [5.74, 6) is -0.262. The molecule has 0 bridgehead atoms. The number of ether oxygens (including phenoxy) is 2. The lowest BCUT2D eigenvalue weighted by atomic mass is 10.2. The molecule has 0 aliphatic carbocycles. The lowest BCUT2D eigenvalue weighted by Gasteiger charge is -2.14. The molecule has 30 heavy (non-hydrogen) atoms. The number of rotatable bonds is 7. The molecule has 156 valence electrons. The largest absolute Gasteiger partial charge is 0.494 e. The van der Waals surface area contributed by atoms with Gasteiger partial charge in [-0.25, -0.2) is 4.98 Å². The van der Waals surface area contributed by atoms with Gasteiger partial charge < -0.3 is 25.8 Å². The molecule has 0 saturated carbocycles. The minimum atomic E-state index is -1.03. The van der Waals surface area contributed by atoms with Gasteiger partial charge in [-0.3, -0.25) is 10.1 Å². The van der Waals surface area contributed by atoms with Crippen molar-refractivity contribution < 1.29 is 18.8 Å². The number of hydrogen-bond donors (Lipinski definition) is 3. The van der Waals surface area contributed by atoms with Gasteiger partial charge in [0.2, 0.25) is 11.8 Å². The van der Waals surface area contributed by atoms with Crippen LogP contribution in [0, 0.1) is 15.9 Å². The molecule has 4 N–H and O–H groups in total. The zero-order valence-electron chi connectivity index (χ0n) is 15.8. The van der Waals surface area contributed by atoms with Crippen molar-refractivity contribution in [2.45, 2.75) is 0 Å². The molecule has 1 aromatic heterocycles. The SMILES string of the molecule is COc1cc(F)c([N+](=O)[O-])cc1Nc1ncc(Cl)c(Nc2ccc(N)cc2OC)n1. The van der Waals surface area contributed by atoms with Gasteiger partial charge in [0.05, 0.1) is 36.7 Å². The maximum absolute atomic E-state index is 13.8. The van der Waals surface area contributed by atoms with Crippen LogP contribution in [0.5, 0.6) is 11.5 Å². The van der Waals surface area contributed by atoms with E-state index in [9.17, 15) is 14.5 Å². The van der Waals surface area contributed by atoms with Crippen molar-refractivity contribution in [2.75, 3.05) is 30.6 Å². The molecule has 0 unspecified atom stereocenters. The van der Waals surface area contributed by atoms with Crippen molar-refractivity contribution >= 4 is 46.1 Å². The lowest BCUT2D eigenvalue weighted by Crippen LogP contribution is -2.04. The maximum Gasteiger partial charge on any atom is 0.307 e. The number of hydrogen-bond acceptors (Lipinski definition) is 9. The number of anilines is 5. The molecule has 0 spiro atoms. The van der Waals surface area contributed by atoms with Gasteiger partial charge in [0.1, 0.15) is 16.5 Å². The summed E-state index contributed by atoms with van der Waals surface area (Å²) < 4.78 is 24.2. The van der Waals surface area contributed by atoms with Gasteiger partial charge in [-0.15, -0.1) is 0 Å². The second kappa shape index (κ2) is 8.66. The Morgan fingerprint density at radius 2 is 1.83 bits per heavy atom. The van der Waals surface area contributed by atoms with Gasteiger partial charge in [-0.2, -0.15) is 9.37 Å². The number of nitrogens with zero attached hydrogens (tertiary/aromatic N) is 3. The Morgan fingerprint density at radius 1 is 1.13 bits per heavy atom. The molecule has 0 radical (unpaired) electrons. The average molecular weight is 435 g/mol. The molecule has 0 saturated heterocycles. The van der Waals surface area contributed by atoms with E-state index in [0.29, 0.717) is 17.1 Å². The topological polar surface area (TPSA) is 137 Å². The van der Waals surface area contributed by atoms with E-state index in [-0.39, 0.29) is 28.2 Å². The molecule has 2 aromatic carbocycles. The minimum Gasteiger partial charge on any atom is -0.494 e. The first-order valence-electron chi connectivity index (χ1n) is 8.34. The Morgan fingerprint density at radius 3 is 2.50 bits per heavy atom. The number of nitrogen functional groups attached to an aromatic ring is 1. The molecule has 1 heterocycles. The first-order chi connectivity index (χ1) is 14.3. The smallest absolute Gasteiger partial charge is 0.307 e. The fourth-order valence-corrected chi connectivity index (χ4v) is 2.66. The summed E-state index contributed by atoms with van der Waals surface area (Å²) in [5.41, 5.74) is 6.19. The summed E-state index contributed by atoms with van der Waals surface area (Å²) in [4.78, 5) is 18.5.